The minimum Gasteiger partial charge on any atom is -0.497 e. The molecule has 1 aliphatic heterocycles. The summed E-state index contributed by atoms with van der Waals surface area (Å²) in [6, 6.07) is 10.6. The average Bonchev–Trinajstić information content (AvgIpc) is 2.98. The molecule has 146 valence electrons. The maximum absolute atomic E-state index is 12.7. The summed E-state index contributed by atoms with van der Waals surface area (Å²) < 4.78 is 21.5. The van der Waals surface area contributed by atoms with Gasteiger partial charge in [-0.1, -0.05) is 12.1 Å². The highest BCUT2D eigenvalue weighted by Crippen LogP contribution is 2.37. The third-order valence-electron chi connectivity index (χ3n) is 4.29. The first-order valence-corrected chi connectivity index (χ1v) is 8.99. The number of hydrogen-bond acceptors (Lipinski definition) is 6. The lowest BCUT2D eigenvalue weighted by Crippen LogP contribution is -2.26. The number of carbonyl (C=O) groups excluding carboxylic acids is 2. The summed E-state index contributed by atoms with van der Waals surface area (Å²) in [6.45, 7) is 5.44. The maximum atomic E-state index is 12.7. The highest BCUT2D eigenvalue weighted by Gasteiger charge is 2.30. The van der Waals surface area contributed by atoms with E-state index in [-0.39, 0.29) is 18.1 Å². The molecule has 0 amide bonds. The van der Waals surface area contributed by atoms with Crippen LogP contribution < -0.4 is 14.2 Å². The van der Waals surface area contributed by atoms with Crippen molar-refractivity contribution in [3.05, 3.63) is 58.8 Å². The van der Waals surface area contributed by atoms with E-state index < -0.39 is 12.1 Å². The molecule has 2 aromatic rings. The molecule has 6 heteroatoms. The standard InChI is InChI=1S/C22H22O6/c1-5-26-22(24)14(3)27-17-10-13(2)20-18(12-17)28-19(21(20)23)11-15-6-8-16(25-4)9-7-15/h6-12,14H,5H2,1-4H3/b19-11-. The van der Waals surface area contributed by atoms with Crippen molar-refractivity contribution in [3.63, 3.8) is 0 Å². The van der Waals surface area contributed by atoms with Gasteiger partial charge in [0.2, 0.25) is 5.78 Å². The van der Waals surface area contributed by atoms with Gasteiger partial charge in [0.25, 0.3) is 0 Å². The number of carbonyl (C=O) groups is 2. The van der Waals surface area contributed by atoms with Crippen LogP contribution in [0.4, 0.5) is 0 Å². The molecular formula is C22H22O6. The number of ketones is 1. The lowest BCUT2D eigenvalue weighted by atomic mass is 10.0. The molecule has 0 N–H and O–H groups in total. The molecule has 0 radical (unpaired) electrons. The Kier molecular flexibility index (Phi) is 5.68. The SMILES string of the molecule is CCOC(=O)C(C)Oc1cc(C)c2c(c1)O/C(=C\c1ccc(OC)cc1)C2=O. The smallest absolute Gasteiger partial charge is 0.347 e. The fraction of sp³-hybridized carbons (Fsp3) is 0.273. The summed E-state index contributed by atoms with van der Waals surface area (Å²) in [4.78, 5) is 24.5. The van der Waals surface area contributed by atoms with Crippen LogP contribution in [0.2, 0.25) is 0 Å². The Morgan fingerprint density at radius 3 is 2.54 bits per heavy atom. The second-order valence-corrected chi connectivity index (χ2v) is 6.34. The van der Waals surface area contributed by atoms with Crippen LogP contribution >= 0.6 is 0 Å². The van der Waals surface area contributed by atoms with Crippen LogP contribution in [0.25, 0.3) is 6.08 Å². The molecule has 1 atom stereocenters. The molecule has 1 aliphatic rings. The van der Waals surface area contributed by atoms with Gasteiger partial charge in [-0.05, 0) is 56.2 Å². The third kappa shape index (κ3) is 4.01. The number of hydrogen-bond donors (Lipinski definition) is 0. The summed E-state index contributed by atoms with van der Waals surface area (Å²) in [7, 11) is 1.60. The van der Waals surface area contributed by atoms with Gasteiger partial charge in [-0.2, -0.15) is 0 Å². The van der Waals surface area contributed by atoms with E-state index in [0.717, 1.165) is 11.3 Å². The number of Topliss-reactive ketones (excluding diaryl/α,β-unsaturated/α-hetero) is 1. The zero-order valence-corrected chi connectivity index (χ0v) is 16.3. The predicted molar refractivity (Wildman–Crippen MR) is 104 cm³/mol. The Bertz CT molecular complexity index is 927. The summed E-state index contributed by atoms with van der Waals surface area (Å²) in [5.74, 6) is 1.19. The molecule has 1 unspecified atom stereocenters. The van der Waals surface area contributed by atoms with E-state index in [9.17, 15) is 9.59 Å². The predicted octanol–water partition coefficient (Wildman–Crippen LogP) is 3.95. The molecule has 6 nitrogen and oxygen atoms in total. The van der Waals surface area contributed by atoms with Crippen molar-refractivity contribution in [1.29, 1.82) is 0 Å². The third-order valence-corrected chi connectivity index (χ3v) is 4.29. The fourth-order valence-electron chi connectivity index (χ4n) is 2.91. The first kappa shape index (κ1) is 19.5. The zero-order chi connectivity index (χ0) is 20.3. The van der Waals surface area contributed by atoms with Crippen LogP contribution in [-0.4, -0.2) is 31.6 Å². The number of aryl methyl sites for hydroxylation is 1. The molecule has 0 saturated carbocycles. The normalized spacial score (nSPS) is 15.0. The van der Waals surface area contributed by atoms with E-state index in [1.165, 1.54) is 0 Å². The van der Waals surface area contributed by atoms with Crippen molar-refractivity contribution in [1.82, 2.24) is 0 Å². The van der Waals surface area contributed by atoms with Crippen LogP contribution in [0.5, 0.6) is 17.2 Å². The van der Waals surface area contributed by atoms with E-state index in [0.29, 0.717) is 22.6 Å². The molecule has 1 heterocycles. The Morgan fingerprint density at radius 1 is 1.18 bits per heavy atom. The molecule has 0 aliphatic carbocycles. The van der Waals surface area contributed by atoms with Crippen molar-refractivity contribution in [2.45, 2.75) is 26.9 Å². The topological polar surface area (TPSA) is 71.1 Å². The molecule has 0 aromatic heterocycles. The molecule has 0 spiro atoms. The summed E-state index contributed by atoms with van der Waals surface area (Å²) in [6.07, 6.45) is 0.923. The Hall–Kier alpha value is -3.28. The maximum Gasteiger partial charge on any atom is 0.347 e. The van der Waals surface area contributed by atoms with E-state index in [4.69, 9.17) is 18.9 Å². The molecule has 3 rings (SSSR count). The van der Waals surface area contributed by atoms with Crippen molar-refractivity contribution in [2.24, 2.45) is 0 Å². The van der Waals surface area contributed by atoms with E-state index >= 15 is 0 Å². The number of esters is 1. The number of methoxy groups -OCH3 is 1. The first-order valence-electron chi connectivity index (χ1n) is 8.99. The van der Waals surface area contributed by atoms with Crippen molar-refractivity contribution >= 4 is 17.8 Å². The Balaban J connectivity index is 1.83. The molecule has 0 saturated heterocycles. The number of fused-ring (bicyclic) bond motifs is 1. The minimum absolute atomic E-state index is 0.187. The van der Waals surface area contributed by atoms with E-state index in [1.54, 1.807) is 46.1 Å². The summed E-state index contributed by atoms with van der Waals surface area (Å²) in [5, 5.41) is 0. The number of allylic oxidation sites excluding steroid dienone is 1. The van der Waals surface area contributed by atoms with Gasteiger partial charge in [0.1, 0.15) is 17.2 Å². The summed E-state index contributed by atoms with van der Waals surface area (Å²) in [5.41, 5.74) is 2.03. The first-order chi connectivity index (χ1) is 13.4. The van der Waals surface area contributed by atoms with E-state index in [2.05, 4.69) is 0 Å². The second-order valence-electron chi connectivity index (χ2n) is 6.34. The fourth-order valence-corrected chi connectivity index (χ4v) is 2.91. The Morgan fingerprint density at radius 2 is 1.89 bits per heavy atom. The zero-order valence-electron chi connectivity index (χ0n) is 16.3. The quantitative estimate of drug-likeness (QED) is 0.556. The largest absolute Gasteiger partial charge is 0.497 e. The van der Waals surface area contributed by atoms with Crippen LogP contribution in [0, 0.1) is 6.92 Å². The van der Waals surface area contributed by atoms with Crippen LogP contribution in [0.1, 0.15) is 35.3 Å². The van der Waals surface area contributed by atoms with Gasteiger partial charge in [0.05, 0.1) is 19.3 Å². The van der Waals surface area contributed by atoms with Crippen molar-refractivity contribution in [2.75, 3.05) is 13.7 Å². The van der Waals surface area contributed by atoms with Crippen LogP contribution in [-0.2, 0) is 9.53 Å². The molecule has 2 aromatic carbocycles. The second kappa shape index (κ2) is 8.17. The van der Waals surface area contributed by atoms with Crippen LogP contribution in [0.3, 0.4) is 0 Å². The lowest BCUT2D eigenvalue weighted by molar-refractivity contribution is -0.150. The molecule has 0 fully saturated rings. The van der Waals surface area contributed by atoms with Gasteiger partial charge in [-0.15, -0.1) is 0 Å². The average molecular weight is 382 g/mol. The monoisotopic (exact) mass is 382 g/mol. The highest BCUT2D eigenvalue weighted by molar-refractivity contribution is 6.15. The van der Waals surface area contributed by atoms with Gasteiger partial charge in [-0.3, -0.25) is 4.79 Å². The number of benzene rings is 2. The van der Waals surface area contributed by atoms with Crippen molar-refractivity contribution in [3.8, 4) is 17.2 Å². The van der Waals surface area contributed by atoms with Gasteiger partial charge < -0.3 is 18.9 Å². The van der Waals surface area contributed by atoms with Gasteiger partial charge >= 0.3 is 5.97 Å². The molecule has 28 heavy (non-hydrogen) atoms. The highest BCUT2D eigenvalue weighted by atomic mass is 16.6. The molecular weight excluding hydrogens is 360 g/mol. The minimum atomic E-state index is -0.760. The van der Waals surface area contributed by atoms with Gasteiger partial charge in [0.15, 0.2) is 11.9 Å². The Labute approximate surface area is 163 Å². The van der Waals surface area contributed by atoms with Crippen molar-refractivity contribution < 1.29 is 28.5 Å². The van der Waals surface area contributed by atoms with Gasteiger partial charge in [0, 0.05) is 6.07 Å². The lowest BCUT2D eigenvalue weighted by Gasteiger charge is -2.14. The number of rotatable bonds is 6. The number of ether oxygens (including phenoxy) is 4. The summed E-state index contributed by atoms with van der Waals surface area (Å²) >= 11 is 0. The molecule has 0 bridgehead atoms. The van der Waals surface area contributed by atoms with E-state index in [1.807, 2.05) is 24.3 Å². The van der Waals surface area contributed by atoms with Crippen LogP contribution in [0.15, 0.2) is 42.2 Å². The van der Waals surface area contributed by atoms with Gasteiger partial charge in [-0.25, -0.2) is 4.79 Å².